The number of aromatic nitrogens is 4. The highest BCUT2D eigenvalue weighted by atomic mass is 19.1. The molecule has 6 nitrogen and oxygen atoms in total. The second-order valence-corrected chi connectivity index (χ2v) is 4.46. The first kappa shape index (κ1) is 12.3. The van der Waals surface area contributed by atoms with Crippen molar-refractivity contribution in [2.75, 3.05) is 5.73 Å². The van der Waals surface area contributed by atoms with Gasteiger partial charge in [-0.25, -0.2) is 9.37 Å². The summed E-state index contributed by atoms with van der Waals surface area (Å²) < 4.78 is 15.4. The van der Waals surface area contributed by atoms with Crippen molar-refractivity contribution in [2.24, 2.45) is 0 Å². The first-order chi connectivity index (χ1) is 9.56. The Balaban J connectivity index is 2.19. The van der Waals surface area contributed by atoms with Crippen LogP contribution in [0.15, 0.2) is 29.1 Å². The Morgan fingerprint density at radius 1 is 1.35 bits per heavy atom. The number of benzene rings is 1. The van der Waals surface area contributed by atoms with Crippen LogP contribution in [-0.4, -0.2) is 19.5 Å². The lowest BCUT2D eigenvalue weighted by Crippen LogP contribution is -2.12. The Morgan fingerprint density at radius 3 is 2.85 bits per heavy atom. The zero-order valence-corrected chi connectivity index (χ0v) is 10.7. The van der Waals surface area contributed by atoms with Gasteiger partial charge in [0.1, 0.15) is 11.6 Å². The van der Waals surface area contributed by atoms with Crippen molar-refractivity contribution in [3.63, 3.8) is 0 Å². The predicted octanol–water partition coefficient (Wildman–Crippen LogP) is 1.20. The lowest BCUT2D eigenvalue weighted by atomic mass is 10.2. The molecule has 0 atom stereocenters. The molecule has 3 rings (SSSR count). The minimum absolute atomic E-state index is 0.0113. The van der Waals surface area contributed by atoms with E-state index in [-0.39, 0.29) is 23.8 Å². The number of nitrogens with zero attached hydrogens (tertiary/aromatic N) is 3. The number of aryl methyl sites for hydroxylation is 1. The molecule has 0 fully saturated rings. The molecule has 0 aliphatic carbocycles. The molecular formula is C13H12FN5O. The number of anilines is 1. The molecule has 20 heavy (non-hydrogen) atoms. The van der Waals surface area contributed by atoms with E-state index in [1.165, 1.54) is 6.07 Å². The Bertz CT molecular complexity index is 852. The summed E-state index contributed by atoms with van der Waals surface area (Å²) in [7, 11) is 0. The average molecular weight is 273 g/mol. The SMILES string of the molecule is Cc1nc2c(=O)[nH]c(N)nc2n1Cc1ccccc1F. The normalized spacial score (nSPS) is 11.1. The van der Waals surface area contributed by atoms with Crippen LogP contribution >= 0.6 is 0 Å². The van der Waals surface area contributed by atoms with Gasteiger partial charge in [-0.2, -0.15) is 4.98 Å². The number of aromatic amines is 1. The van der Waals surface area contributed by atoms with E-state index in [1.54, 1.807) is 29.7 Å². The fourth-order valence-corrected chi connectivity index (χ4v) is 2.12. The highest BCUT2D eigenvalue weighted by molar-refractivity contribution is 5.71. The van der Waals surface area contributed by atoms with E-state index in [4.69, 9.17) is 5.73 Å². The highest BCUT2D eigenvalue weighted by Gasteiger charge is 2.14. The third kappa shape index (κ3) is 1.93. The van der Waals surface area contributed by atoms with Gasteiger partial charge >= 0.3 is 0 Å². The molecule has 3 N–H and O–H groups in total. The summed E-state index contributed by atoms with van der Waals surface area (Å²) >= 11 is 0. The number of fused-ring (bicyclic) bond motifs is 1. The maximum Gasteiger partial charge on any atom is 0.280 e. The first-order valence-corrected chi connectivity index (χ1v) is 6.02. The van der Waals surface area contributed by atoms with Crippen molar-refractivity contribution < 1.29 is 4.39 Å². The number of imidazole rings is 1. The zero-order chi connectivity index (χ0) is 14.3. The van der Waals surface area contributed by atoms with Crippen LogP contribution in [0.5, 0.6) is 0 Å². The Hall–Kier alpha value is -2.70. The van der Waals surface area contributed by atoms with Crippen LogP contribution in [0, 0.1) is 12.7 Å². The van der Waals surface area contributed by atoms with Crippen molar-refractivity contribution in [2.45, 2.75) is 13.5 Å². The van der Waals surface area contributed by atoms with Crippen molar-refractivity contribution >= 4 is 17.1 Å². The van der Waals surface area contributed by atoms with Gasteiger partial charge < -0.3 is 10.3 Å². The number of nitrogens with two attached hydrogens (primary N) is 1. The van der Waals surface area contributed by atoms with E-state index in [1.807, 2.05) is 0 Å². The smallest absolute Gasteiger partial charge is 0.280 e. The van der Waals surface area contributed by atoms with Crippen molar-refractivity contribution in [3.05, 3.63) is 51.8 Å². The summed E-state index contributed by atoms with van der Waals surface area (Å²) in [5.74, 6) is 0.274. The largest absolute Gasteiger partial charge is 0.369 e. The molecule has 102 valence electrons. The summed E-state index contributed by atoms with van der Waals surface area (Å²) in [6.45, 7) is 1.98. The number of H-pyrrole nitrogens is 1. The maximum atomic E-state index is 13.7. The van der Waals surface area contributed by atoms with E-state index >= 15 is 0 Å². The summed E-state index contributed by atoms with van der Waals surface area (Å²) in [5.41, 5.74) is 6.20. The average Bonchev–Trinajstić information content (AvgIpc) is 2.70. The van der Waals surface area contributed by atoms with Crippen molar-refractivity contribution in [1.29, 1.82) is 0 Å². The molecule has 7 heteroatoms. The monoisotopic (exact) mass is 273 g/mol. The Morgan fingerprint density at radius 2 is 2.10 bits per heavy atom. The van der Waals surface area contributed by atoms with Gasteiger partial charge in [-0.1, -0.05) is 18.2 Å². The summed E-state index contributed by atoms with van der Waals surface area (Å²) in [6.07, 6.45) is 0. The first-order valence-electron chi connectivity index (χ1n) is 6.02. The van der Waals surface area contributed by atoms with Gasteiger partial charge in [0.05, 0.1) is 6.54 Å². The van der Waals surface area contributed by atoms with Crippen LogP contribution < -0.4 is 11.3 Å². The molecule has 3 aromatic rings. The van der Waals surface area contributed by atoms with Crippen LogP contribution in [0.4, 0.5) is 10.3 Å². The number of rotatable bonds is 2. The Labute approximate surface area is 113 Å². The summed E-state index contributed by atoms with van der Waals surface area (Å²) in [4.78, 5) is 22.4. The molecule has 0 unspecified atom stereocenters. The second kappa shape index (κ2) is 4.44. The van der Waals surface area contributed by atoms with E-state index in [0.29, 0.717) is 17.0 Å². The molecule has 0 aliphatic heterocycles. The van der Waals surface area contributed by atoms with Crippen molar-refractivity contribution in [1.82, 2.24) is 19.5 Å². The maximum absolute atomic E-state index is 13.7. The van der Waals surface area contributed by atoms with E-state index in [9.17, 15) is 9.18 Å². The van der Waals surface area contributed by atoms with Crippen LogP contribution in [0.25, 0.3) is 11.2 Å². The second-order valence-electron chi connectivity index (χ2n) is 4.46. The quantitative estimate of drug-likeness (QED) is 0.734. The molecule has 0 amide bonds. The lowest BCUT2D eigenvalue weighted by Gasteiger charge is -2.07. The van der Waals surface area contributed by atoms with Crippen LogP contribution in [0.1, 0.15) is 11.4 Å². The van der Waals surface area contributed by atoms with Crippen LogP contribution in [-0.2, 0) is 6.54 Å². The van der Waals surface area contributed by atoms with Gasteiger partial charge in [0, 0.05) is 5.56 Å². The van der Waals surface area contributed by atoms with E-state index in [0.717, 1.165) is 0 Å². The molecule has 0 aliphatic rings. The van der Waals surface area contributed by atoms with Crippen molar-refractivity contribution in [3.8, 4) is 0 Å². The third-order valence-corrected chi connectivity index (χ3v) is 3.10. The number of nitrogens with one attached hydrogen (secondary N) is 1. The zero-order valence-electron chi connectivity index (χ0n) is 10.7. The minimum atomic E-state index is -0.400. The van der Waals surface area contributed by atoms with Gasteiger partial charge in [-0.15, -0.1) is 0 Å². The minimum Gasteiger partial charge on any atom is -0.369 e. The van der Waals surface area contributed by atoms with Gasteiger partial charge in [0.15, 0.2) is 11.2 Å². The highest BCUT2D eigenvalue weighted by Crippen LogP contribution is 2.15. The summed E-state index contributed by atoms with van der Waals surface area (Å²) in [6, 6.07) is 6.44. The molecular weight excluding hydrogens is 261 g/mol. The topological polar surface area (TPSA) is 89.6 Å². The number of nitrogen functional groups attached to an aromatic ring is 1. The number of hydrogen-bond donors (Lipinski definition) is 2. The number of hydrogen-bond acceptors (Lipinski definition) is 4. The fraction of sp³-hybridized carbons (Fsp3) is 0.154. The van der Waals surface area contributed by atoms with Gasteiger partial charge in [-0.05, 0) is 13.0 Å². The molecule has 0 bridgehead atoms. The molecule has 0 saturated heterocycles. The van der Waals surface area contributed by atoms with E-state index < -0.39 is 5.56 Å². The number of halogens is 1. The fourth-order valence-electron chi connectivity index (χ4n) is 2.12. The predicted molar refractivity (Wildman–Crippen MR) is 72.8 cm³/mol. The van der Waals surface area contributed by atoms with Gasteiger partial charge in [0.2, 0.25) is 5.95 Å². The molecule has 2 heterocycles. The van der Waals surface area contributed by atoms with Crippen LogP contribution in [0.3, 0.4) is 0 Å². The van der Waals surface area contributed by atoms with Crippen LogP contribution in [0.2, 0.25) is 0 Å². The summed E-state index contributed by atoms with van der Waals surface area (Å²) in [5, 5.41) is 0. The Kier molecular flexibility index (Phi) is 2.74. The van der Waals surface area contributed by atoms with Gasteiger partial charge in [-0.3, -0.25) is 9.78 Å². The lowest BCUT2D eigenvalue weighted by molar-refractivity contribution is 0.599. The van der Waals surface area contributed by atoms with Gasteiger partial charge in [0.25, 0.3) is 5.56 Å². The molecule has 0 spiro atoms. The molecule has 0 saturated carbocycles. The molecule has 0 radical (unpaired) electrons. The third-order valence-electron chi connectivity index (χ3n) is 3.10. The molecule has 1 aromatic carbocycles. The molecule has 2 aromatic heterocycles. The standard InChI is InChI=1S/C13H12FN5O/c1-7-16-10-11(17-13(15)18-12(10)20)19(7)6-8-4-2-3-5-9(8)14/h2-5H,6H2,1H3,(H3,15,17,18,20). The van der Waals surface area contributed by atoms with E-state index in [2.05, 4.69) is 15.0 Å².